The van der Waals surface area contributed by atoms with Crippen LogP contribution in [0, 0.1) is 5.92 Å². The van der Waals surface area contributed by atoms with Crippen molar-refractivity contribution in [3.8, 4) is 0 Å². The first kappa shape index (κ1) is 14.3. The third-order valence-corrected chi connectivity index (χ3v) is 7.21. The molecule has 0 spiro atoms. The Morgan fingerprint density at radius 2 is 1.45 bits per heavy atom. The number of nitrogens with zero attached hydrogens (tertiary/aromatic N) is 2. The van der Waals surface area contributed by atoms with Gasteiger partial charge >= 0.3 is 0 Å². The van der Waals surface area contributed by atoms with Crippen molar-refractivity contribution in [2.45, 2.75) is 50.2 Å². The zero-order valence-electron chi connectivity index (χ0n) is 12.0. The van der Waals surface area contributed by atoms with Crippen LogP contribution in [0.5, 0.6) is 0 Å². The summed E-state index contributed by atoms with van der Waals surface area (Å²) in [4.78, 5) is 14.3. The predicted octanol–water partition coefficient (Wildman–Crippen LogP) is 1.20. The van der Waals surface area contributed by atoms with Crippen molar-refractivity contribution < 1.29 is 13.2 Å². The van der Waals surface area contributed by atoms with E-state index < -0.39 is 10.0 Å². The third-order valence-electron chi connectivity index (χ3n) is 4.81. The SMILES string of the molecule is O=C(C1CCCCC1)N1CCN(S(=O)(=O)C2CC2)CC1. The summed E-state index contributed by atoms with van der Waals surface area (Å²) in [7, 11) is -3.07. The van der Waals surface area contributed by atoms with Gasteiger partial charge in [0.25, 0.3) is 0 Å². The second-order valence-electron chi connectivity index (χ2n) is 6.30. The fraction of sp³-hybridized carbons (Fsp3) is 0.929. The molecule has 6 heteroatoms. The van der Waals surface area contributed by atoms with Crippen molar-refractivity contribution in [1.82, 2.24) is 9.21 Å². The molecule has 0 aromatic rings. The second-order valence-corrected chi connectivity index (χ2v) is 8.52. The van der Waals surface area contributed by atoms with Gasteiger partial charge in [-0.15, -0.1) is 0 Å². The van der Waals surface area contributed by atoms with Crippen LogP contribution in [0.4, 0.5) is 0 Å². The van der Waals surface area contributed by atoms with Crippen molar-refractivity contribution in [3.63, 3.8) is 0 Å². The largest absolute Gasteiger partial charge is 0.340 e. The van der Waals surface area contributed by atoms with E-state index in [9.17, 15) is 13.2 Å². The Bertz CT molecular complexity index is 459. The van der Waals surface area contributed by atoms with Gasteiger partial charge in [0.05, 0.1) is 5.25 Å². The number of piperazine rings is 1. The molecule has 3 aliphatic rings. The highest BCUT2D eigenvalue weighted by Crippen LogP contribution is 2.32. The Kier molecular flexibility index (Phi) is 4.04. The molecule has 2 aliphatic carbocycles. The summed E-state index contributed by atoms with van der Waals surface area (Å²) < 4.78 is 25.9. The van der Waals surface area contributed by atoms with Crippen molar-refractivity contribution in [1.29, 1.82) is 0 Å². The molecule has 0 atom stereocenters. The van der Waals surface area contributed by atoms with Gasteiger partial charge in [0.15, 0.2) is 0 Å². The monoisotopic (exact) mass is 300 g/mol. The first-order chi connectivity index (χ1) is 9.59. The van der Waals surface area contributed by atoms with E-state index in [-0.39, 0.29) is 17.1 Å². The van der Waals surface area contributed by atoms with Crippen LogP contribution in [-0.4, -0.2) is 55.0 Å². The summed E-state index contributed by atoms with van der Waals surface area (Å²) in [6.07, 6.45) is 7.21. The highest BCUT2D eigenvalue weighted by Gasteiger charge is 2.41. The minimum absolute atomic E-state index is 0.136. The van der Waals surface area contributed by atoms with Gasteiger partial charge in [-0.25, -0.2) is 8.42 Å². The maximum atomic E-state index is 12.4. The van der Waals surface area contributed by atoms with Gasteiger partial charge in [0.1, 0.15) is 0 Å². The van der Waals surface area contributed by atoms with Gasteiger partial charge in [-0.2, -0.15) is 4.31 Å². The lowest BCUT2D eigenvalue weighted by Gasteiger charge is -2.36. The van der Waals surface area contributed by atoms with Crippen LogP contribution < -0.4 is 0 Å². The molecule has 0 aromatic heterocycles. The quantitative estimate of drug-likeness (QED) is 0.787. The van der Waals surface area contributed by atoms with E-state index in [1.165, 1.54) is 6.42 Å². The van der Waals surface area contributed by atoms with Gasteiger partial charge in [0, 0.05) is 32.1 Å². The highest BCUT2D eigenvalue weighted by atomic mass is 32.2. The van der Waals surface area contributed by atoms with Gasteiger partial charge < -0.3 is 4.90 Å². The summed E-state index contributed by atoms with van der Waals surface area (Å²) in [5.74, 6) is 0.448. The fourth-order valence-corrected chi connectivity index (χ4v) is 5.17. The molecule has 0 radical (unpaired) electrons. The maximum absolute atomic E-state index is 12.4. The number of carbonyl (C=O) groups is 1. The Morgan fingerprint density at radius 3 is 2.00 bits per heavy atom. The summed E-state index contributed by atoms with van der Waals surface area (Å²) >= 11 is 0. The van der Waals surface area contributed by atoms with Crippen molar-refractivity contribution >= 4 is 15.9 Å². The Balaban J connectivity index is 1.54. The van der Waals surface area contributed by atoms with E-state index in [1.807, 2.05) is 4.90 Å². The highest BCUT2D eigenvalue weighted by molar-refractivity contribution is 7.90. The minimum Gasteiger partial charge on any atom is -0.340 e. The summed E-state index contributed by atoms with van der Waals surface area (Å²) in [5.41, 5.74) is 0. The molecule has 0 unspecified atom stereocenters. The lowest BCUT2D eigenvalue weighted by Crippen LogP contribution is -2.52. The van der Waals surface area contributed by atoms with Crippen molar-refractivity contribution in [3.05, 3.63) is 0 Å². The Hall–Kier alpha value is -0.620. The number of hydrogen-bond donors (Lipinski definition) is 0. The normalized spacial score (nSPS) is 26.7. The summed E-state index contributed by atoms with van der Waals surface area (Å²) in [6.45, 7) is 2.11. The Labute approximate surface area is 121 Å². The molecule has 114 valence electrons. The molecule has 1 heterocycles. The average Bonchev–Trinajstić information content (AvgIpc) is 3.33. The van der Waals surface area contributed by atoms with Crippen molar-refractivity contribution in [2.24, 2.45) is 5.92 Å². The molecular formula is C14H24N2O3S. The number of rotatable bonds is 3. The fourth-order valence-electron chi connectivity index (χ4n) is 3.35. The molecule has 1 saturated heterocycles. The minimum atomic E-state index is -3.07. The zero-order chi connectivity index (χ0) is 14.2. The van der Waals surface area contributed by atoms with E-state index in [2.05, 4.69) is 0 Å². The number of hydrogen-bond acceptors (Lipinski definition) is 3. The molecule has 20 heavy (non-hydrogen) atoms. The first-order valence-electron chi connectivity index (χ1n) is 7.87. The van der Waals surface area contributed by atoms with Gasteiger partial charge in [0.2, 0.25) is 15.9 Å². The average molecular weight is 300 g/mol. The summed E-state index contributed by atoms with van der Waals surface area (Å²) in [6, 6.07) is 0. The van der Waals surface area contributed by atoms with Gasteiger partial charge in [-0.05, 0) is 25.7 Å². The molecule has 3 fully saturated rings. The van der Waals surface area contributed by atoms with Crippen LogP contribution in [0.3, 0.4) is 0 Å². The van der Waals surface area contributed by atoms with Crippen LogP contribution in [0.1, 0.15) is 44.9 Å². The van der Waals surface area contributed by atoms with E-state index in [0.29, 0.717) is 26.2 Å². The third kappa shape index (κ3) is 2.86. The number of sulfonamides is 1. The molecule has 2 saturated carbocycles. The molecule has 1 aliphatic heterocycles. The predicted molar refractivity (Wildman–Crippen MR) is 76.7 cm³/mol. The smallest absolute Gasteiger partial charge is 0.225 e. The zero-order valence-corrected chi connectivity index (χ0v) is 12.8. The van der Waals surface area contributed by atoms with Crippen LogP contribution >= 0.6 is 0 Å². The van der Waals surface area contributed by atoms with E-state index in [4.69, 9.17) is 0 Å². The molecule has 1 amide bonds. The molecule has 0 N–H and O–H groups in total. The van der Waals surface area contributed by atoms with Gasteiger partial charge in [-0.3, -0.25) is 4.79 Å². The van der Waals surface area contributed by atoms with Crippen molar-refractivity contribution in [2.75, 3.05) is 26.2 Å². The Morgan fingerprint density at radius 1 is 0.850 bits per heavy atom. The lowest BCUT2D eigenvalue weighted by atomic mass is 9.88. The molecule has 0 bridgehead atoms. The van der Waals surface area contributed by atoms with E-state index in [1.54, 1.807) is 4.31 Å². The molecular weight excluding hydrogens is 276 g/mol. The molecule has 3 rings (SSSR count). The molecule has 5 nitrogen and oxygen atoms in total. The number of carbonyl (C=O) groups excluding carboxylic acids is 1. The number of amides is 1. The van der Waals surface area contributed by atoms with Gasteiger partial charge in [-0.1, -0.05) is 19.3 Å². The lowest BCUT2D eigenvalue weighted by molar-refractivity contribution is -0.137. The second kappa shape index (κ2) is 5.64. The molecule has 0 aromatic carbocycles. The van der Waals surface area contributed by atoms with E-state index >= 15 is 0 Å². The first-order valence-corrected chi connectivity index (χ1v) is 9.37. The summed E-state index contributed by atoms with van der Waals surface area (Å²) in [5, 5.41) is -0.136. The van der Waals surface area contributed by atoms with Crippen LogP contribution in [0.25, 0.3) is 0 Å². The standard InChI is InChI=1S/C14H24N2O3S/c17-14(12-4-2-1-3-5-12)15-8-10-16(11-9-15)20(18,19)13-6-7-13/h12-13H,1-11H2. The topological polar surface area (TPSA) is 57.7 Å². The maximum Gasteiger partial charge on any atom is 0.225 e. The van der Waals surface area contributed by atoms with Crippen LogP contribution in [0.2, 0.25) is 0 Å². The van der Waals surface area contributed by atoms with Crippen LogP contribution in [0.15, 0.2) is 0 Å². The van der Waals surface area contributed by atoms with Crippen LogP contribution in [-0.2, 0) is 14.8 Å². The van der Waals surface area contributed by atoms with E-state index in [0.717, 1.165) is 38.5 Å².